The van der Waals surface area contributed by atoms with E-state index in [4.69, 9.17) is 4.74 Å². The number of benzene rings is 2. The molecule has 0 aromatic heterocycles. The van der Waals surface area contributed by atoms with Crippen LogP contribution in [0.15, 0.2) is 40.9 Å². The van der Waals surface area contributed by atoms with Crippen molar-refractivity contribution in [3.63, 3.8) is 0 Å². The van der Waals surface area contributed by atoms with Gasteiger partial charge < -0.3 is 10.1 Å². The van der Waals surface area contributed by atoms with E-state index in [9.17, 15) is 4.39 Å². The molecule has 1 N–H and O–H groups in total. The third-order valence-electron chi connectivity index (χ3n) is 3.07. The summed E-state index contributed by atoms with van der Waals surface area (Å²) in [5.41, 5.74) is 1.95. The van der Waals surface area contributed by atoms with Gasteiger partial charge in [-0.15, -0.1) is 0 Å². The number of nitrogens with one attached hydrogen (secondary N) is 1. The zero-order chi connectivity index (χ0) is 15.4. The molecule has 0 amide bonds. The Balaban J connectivity index is 2.13. The Morgan fingerprint density at radius 1 is 1.14 bits per heavy atom. The number of hydrogen-bond donors (Lipinski definition) is 1. The van der Waals surface area contributed by atoms with Crippen LogP contribution < -0.4 is 10.1 Å². The minimum Gasteiger partial charge on any atom is -0.456 e. The van der Waals surface area contributed by atoms with Crippen LogP contribution in [0.2, 0.25) is 0 Å². The molecular weight excluding hydrogens is 333 g/mol. The number of aryl methyl sites for hydroxylation is 1. The highest BCUT2D eigenvalue weighted by molar-refractivity contribution is 9.10. The Morgan fingerprint density at radius 3 is 2.48 bits per heavy atom. The van der Waals surface area contributed by atoms with Crippen molar-refractivity contribution in [3.05, 3.63) is 57.8 Å². The van der Waals surface area contributed by atoms with E-state index in [0.29, 0.717) is 11.8 Å². The normalized spacial score (nSPS) is 11.0. The number of halogens is 2. The van der Waals surface area contributed by atoms with Crippen molar-refractivity contribution >= 4 is 15.9 Å². The lowest BCUT2D eigenvalue weighted by molar-refractivity contribution is 0.473. The Morgan fingerprint density at radius 2 is 1.86 bits per heavy atom. The van der Waals surface area contributed by atoms with Gasteiger partial charge in [0.15, 0.2) is 0 Å². The average Bonchev–Trinajstić information content (AvgIpc) is 2.42. The van der Waals surface area contributed by atoms with Gasteiger partial charge in [-0.1, -0.05) is 19.9 Å². The maximum absolute atomic E-state index is 13.1. The first-order valence-corrected chi connectivity index (χ1v) is 7.71. The van der Waals surface area contributed by atoms with Gasteiger partial charge in [0, 0.05) is 12.6 Å². The van der Waals surface area contributed by atoms with Crippen LogP contribution in [0.1, 0.15) is 25.0 Å². The highest BCUT2D eigenvalue weighted by atomic mass is 79.9. The van der Waals surface area contributed by atoms with E-state index in [2.05, 4.69) is 35.1 Å². The number of hydrogen-bond acceptors (Lipinski definition) is 2. The summed E-state index contributed by atoms with van der Waals surface area (Å²) in [5, 5.41) is 3.37. The largest absolute Gasteiger partial charge is 0.456 e. The molecule has 0 bridgehead atoms. The first kappa shape index (κ1) is 16.0. The molecule has 0 aliphatic heterocycles. The van der Waals surface area contributed by atoms with Gasteiger partial charge in [-0.25, -0.2) is 4.39 Å². The fourth-order valence-electron chi connectivity index (χ4n) is 1.90. The van der Waals surface area contributed by atoms with Gasteiger partial charge in [-0.2, -0.15) is 0 Å². The fourth-order valence-corrected chi connectivity index (χ4v) is 2.41. The quantitative estimate of drug-likeness (QED) is 0.800. The molecule has 0 fully saturated rings. The van der Waals surface area contributed by atoms with Crippen LogP contribution in [0.3, 0.4) is 0 Å². The van der Waals surface area contributed by atoms with E-state index in [0.717, 1.165) is 22.3 Å². The molecule has 21 heavy (non-hydrogen) atoms. The molecule has 0 heterocycles. The minimum absolute atomic E-state index is 0.256. The molecule has 112 valence electrons. The standard InChI is InChI=1S/C17H19BrFNO/c1-11(2)20-10-13-4-6-17(15(18)9-13)21-16-7-5-14(19)8-12(16)3/h4-9,11,20H,10H2,1-3H3. The third-order valence-corrected chi connectivity index (χ3v) is 3.69. The summed E-state index contributed by atoms with van der Waals surface area (Å²) in [7, 11) is 0. The molecule has 2 nitrogen and oxygen atoms in total. The first-order valence-electron chi connectivity index (χ1n) is 6.91. The molecule has 2 aromatic rings. The van der Waals surface area contributed by atoms with Crippen LogP contribution in [-0.4, -0.2) is 6.04 Å². The SMILES string of the molecule is Cc1cc(F)ccc1Oc1ccc(CNC(C)C)cc1Br. The summed E-state index contributed by atoms with van der Waals surface area (Å²) in [6.07, 6.45) is 0. The zero-order valence-corrected chi connectivity index (χ0v) is 14.0. The molecule has 0 unspecified atom stereocenters. The second-order valence-electron chi connectivity index (χ2n) is 5.31. The second-order valence-corrected chi connectivity index (χ2v) is 6.17. The maximum Gasteiger partial charge on any atom is 0.141 e. The third kappa shape index (κ3) is 4.55. The van der Waals surface area contributed by atoms with E-state index >= 15 is 0 Å². The predicted octanol–water partition coefficient (Wildman–Crippen LogP) is 5.19. The van der Waals surface area contributed by atoms with Crippen LogP contribution in [-0.2, 0) is 6.54 Å². The zero-order valence-electron chi connectivity index (χ0n) is 12.4. The van der Waals surface area contributed by atoms with Gasteiger partial charge in [-0.05, 0) is 64.3 Å². The van der Waals surface area contributed by atoms with E-state index in [1.165, 1.54) is 17.7 Å². The van der Waals surface area contributed by atoms with E-state index in [-0.39, 0.29) is 5.82 Å². The van der Waals surface area contributed by atoms with E-state index in [1.54, 1.807) is 6.07 Å². The summed E-state index contributed by atoms with van der Waals surface area (Å²) >= 11 is 3.52. The van der Waals surface area contributed by atoms with Crippen molar-refractivity contribution in [2.75, 3.05) is 0 Å². The lowest BCUT2D eigenvalue weighted by Gasteiger charge is -2.12. The molecule has 0 spiro atoms. The lowest BCUT2D eigenvalue weighted by atomic mass is 10.2. The van der Waals surface area contributed by atoms with Crippen molar-refractivity contribution in [1.82, 2.24) is 5.32 Å². The van der Waals surface area contributed by atoms with Crippen molar-refractivity contribution in [1.29, 1.82) is 0 Å². The number of rotatable bonds is 5. The summed E-state index contributed by atoms with van der Waals surface area (Å²) in [5.74, 6) is 1.12. The Bertz CT molecular complexity index is 628. The lowest BCUT2D eigenvalue weighted by Crippen LogP contribution is -2.21. The van der Waals surface area contributed by atoms with Crippen LogP contribution in [0.4, 0.5) is 4.39 Å². The summed E-state index contributed by atoms with van der Waals surface area (Å²) in [6.45, 7) is 6.87. The van der Waals surface area contributed by atoms with E-state index < -0.39 is 0 Å². The molecule has 0 saturated heterocycles. The van der Waals surface area contributed by atoms with Crippen LogP contribution >= 0.6 is 15.9 Å². The monoisotopic (exact) mass is 351 g/mol. The van der Waals surface area contributed by atoms with Crippen LogP contribution in [0.5, 0.6) is 11.5 Å². The average molecular weight is 352 g/mol. The Labute approximate surface area is 133 Å². The van der Waals surface area contributed by atoms with Crippen LogP contribution in [0, 0.1) is 12.7 Å². The Hall–Kier alpha value is -1.39. The molecule has 4 heteroatoms. The Kier molecular flexibility index (Phi) is 5.37. The number of ether oxygens (including phenoxy) is 1. The molecule has 0 aliphatic carbocycles. The van der Waals surface area contributed by atoms with Crippen molar-refractivity contribution < 1.29 is 9.13 Å². The van der Waals surface area contributed by atoms with Gasteiger partial charge >= 0.3 is 0 Å². The second kappa shape index (κ2) is 7.05. The van der Waals surface area contributed by atoms with Gasteiger partial charge in [0.2, 0.25) is 0 Å². The van der Waals surface area contributed by atoms with Gasteiger partial charge in [-0.3, -0.25) is 0 Å². The minimum atomic E-state index is -0.256. The van der Waals surface area contributed by atoms with Gasteiger partial charge in [0.05, 0.1) is 4.47 Å². The highest BCUT2D eigenvalue weighted by Crippen LogP contribution is 2.32. The molecule has 2 rings (SSSR count). The fraction of sp³-hybridized carbons (Fsp3) is 0.294. The van der Waals surface area contributed by atoms with Crippen molar-refractivity contribution in [3.8, 4) is 11.5 Å². The smallest absolute Gasteiger partial charge is 0.141 e. The van der Waals surface area contributed by atoms with Gasteiger partial charge in [0.1, 0.15) is 17.3 Å². The molecule has 0 radical (unpaired) electrons. The molecule has 2 aromatic carbocycles. The van der Waals surface area contributed by atoms with Crippen LogP contribution in [0.25, 0.3) is 0 Å². The molecule has 0 saturated carbocycles. The molecule has 0 atom stereocenters. The molecule has 0 aliphatic rings. The van der Waals surface area contributed by atoms with Gasteiger partial charge in [0.25, 0.3) is 0 Å². The summed E-state index contributed by atoms with van der Waals surface area (Å²) in [4.78, 5) is 0. The van der Waals surface area contributed by atoms with Crippen molar-refractivity contribution in [2.24, 2.45) is 0 Å². The summed E-state index contributed by atoms with van der Waals surface area (Å²) < 4.78 is 19.8. The topological polar surface area (TPSA) is 21.3 Å². The first-order chi connectivity index (χ1) is 9.95. The van der Waals surface area contributed by atoms with E-state index in [1.807, 2.05) is 25.1 Å². The van der Waals surface area contributed by atoms with Crippen molar-refractivity contribution in [2.45, 2.75) is 33.4 Å². The predicted molar refractivity (Wildman–Crippen MR) is 87.3 cm³/mol. The summed E-state index contributed by atoms with van der Waals surface area (Å²) in [6, 6.07) is 10.9. The maximum atomic E-state index is 13.1. The highest BCUT2D eigenvalue weighted by Gasteiger charge is 2.07. The molecular formula is C17H19BrFNO.